The number of aliphatic hydroxyl groups excluding tert-OH is 3. The molecule has 3 N–H and O–H groups in total. The quantitative estimate of drug-likeness (QED) is 0.549. The van der Waals surface area contributed by atoms with E-state index in [1.54, 1.807) is 22.9 Å². The van der Waals surface area contributed by atoms with Gasteiger partial charge in [-0.05, 0) is 24.3 Å². The maximum atomic E-state index is 10.3. The number of hydrogen-bond donors (Lipinski definition) is 3. The Bertz CT molecular complexity index is 986. The van der Waals surface area contributed by atoms with E-state index in [9.17, 15) is 15.3 Å². The Balaban J connectivity index is 1.69. The summed E-state index contributed by atoms with van der Waals surface area (Å²) in [4.78, 5) is 9.48. The Labute approximate surface area is 168 Å². The highest BCUT2D eigenvalue weighted by Gasteiger charge is 2.43. The van der Waals surface area contributed by atoms with Gasteiger partial charge >= 0.3 is 0 Å². The van der Waals surface area contributed by atoms with E-state index in [-0.39, 0.29) is 6.61 Å². The van der Waals surface area contributed by atoms with Crippen LogP contribution in [0, 0.1) is 0 Å². The van der Waals surface area contributed by atoms with Crippen LogP contribution >= 0.6 is 35.0 Å². The molecule has 1 aliphatic heterocycles. The fourth-order valence-corrected chi connectivity index (χ4v) is 4.26. The summed E-state index contributed by atoms with van der Waals surface area (Å²) < 4.78 is 7.21. The molecule has 10 heteroatoms. The summed E-state index contributed by atoms with van der Waals surface area (Å²) in [6.45, 7) is -0.388. The van der Waals surface area contributed by atoms with E-state index in [2.05, 4.69) is 9.97 Å². The van der Waals surface area contributed by atoms with Crippen LogP contribution < -0.4 is 0 Å². The van der Waals surface area contributed by atoms with E-state index in [1.807, 2.05) is 12.1 Å². The zero-order valence-corrected chi connectivity index (χ0v) is 16.1. The van der Waals surface area contributed by atoms with Crippen molar-refractivity contribution in [2.45, 2.75) is 34.5 Å². The largest absolute Gasteiger partial charge is 0.394 e. The van der Waals surface area contributed by atoms with Gasteiger partial charge < -0.3 is 24.6 Å². The second-order valence-electron chi connectivity index (χ2n) is 6.05. The Morgan fingerprint density at radius 2 is 1.93 bits per heavy atom. The Hall–Kier alpha value is -1.39. The van der Waals surface area contributed by atoms with E-state index < -0.39 is 24.5 Å². The second-order valence-corrected chi connectivity index (χ2v) is 7.92. The molecule has 3 heterocycles. The molecule has 4 atom stereocenters. The molecule has 1 saturated heterocycles. The summed E-state index contributed by atoms with van der Waals surface area (Å²) in [5.74, 6) is 0. The van der Waals surface area contributed by atoms with Gasteiger partial charge in [0, 0.05) is 11.1 Å². The maximum absolute atomic E-state index is 10.3. The smallest absolute Gasteiger partial charge is 0.164 e. The molecular formula is C17H15Cl2N3O4S. The monoisotopic (exact) mass is 427 g/mol. The molecule has 7 nitrogen and oxygen atoms in total. The lowest BCUT2D eigenvalue weighted by atomic mass is 10.1. The first kappa shape index (κ1) is 18.9. The number of rotatable bonds is 4. The van der Waals surface area contributed by atoms with Crippen LogP contribution in [0.1, 0.15) is 6.23 Å². The van der Waals surface area contributed by atoms with Gasteiger partial charge in [0.25, 0.3) is 0 Å². The first-order valence-electron chi connectivity index (χ1n) is 8.06. The zero-order chi connectivity index (χ0) is 19.1. The highest BCUT2D eigenvalue weighted by atomic mass is 35.5. The third-order valence-corrected chi connectivity index (χ3v) is 6.12. The van der Waals surface area contributed by atoms with Crippen molar-refractivity contribution in [1.82, 2.24) is 14.5 Å². The van der Waals surface area contributed by atoms with Crippen LogP contribution in [0.5, 0.6) is 0 Å². The molecule has 142 valence electrons. The lowest BCUT2D eigenvalue weighted by molar-refractivity contribution is -0.0508. The standard InChI is InChI=1S/C17H15Cl2N3O4S/c18-10-2-1-8(5-11(10)19)27-16-9-3-4-22(15(9)20-7-21-16)17-14(25)13(24)12(6-23)26-17/h1-5,7,12-14,17,23-25H,6H2/t12-,13-,14-,17-/m1/s1. The number of fused-ring (bicyclic) bond motifs is 1. The maximum Gasteiger partial charge on any atom is 0.164 e. The van der Waals surface area contributed by atoms with Crippen LogP contribution in [0.3, 0.4) is 0 Å². The number of aromatic nitrogens is 3. The summed E-state index contributed by atoms with van der Waals surface area (Å²) in [6, 6.07) is 7.13. The average molecular weight is 428 g/mol. The van der Waals surface area contributed by atoms with E-state index in [1.165, 1.54) is 18.1 Å². The minimum atomic E-state index is -1.18. The number of ether oxygens (including phenoxy) is 1. The third-order valence-electron chi connectivity index (χ3n) is 4.37. The normalized spacial score (nSPS) is 25.4. The topological polar surface area (TPSA) is 101 Å². The van der Waals surface area contributed by atoms with Gasteiger partial charge in [0.1, 0.15) is 35.3 Å². The van der Waals surface area contributed by atoms with Crippen LogP contribution in [0.15, 0.2) is 46.7 Å². The summed E-state index contributed by atoms with van der Waals surface area (Å²) in [6.07, 6.45) is -0.941. The van der Waals surface area contributed by atoms with Gasteiger partial charge in [0.05, 0.1) is 22.0 Å². The fraction of sp³-hybridized carbons (Fsp3) is 0.294. The molecule has 1 fully saturated rings. The summed E-state index contributed by atoms with van der Waals surface area (Å²) in [5, 5.41) is 31.9. The number of benzene rings is 1. The van der Waals surface area contributed by atoms with E-state index >= 15 is 0 Å². The molecule has 0 unspecified atom stereocenters. The van der Waals surface area contributed by atoms with Gasteiger partial charge in [-0.25, -0.2) is 9.97 Å². The molecule has 1 aliphatic rings. The highest BCUT2D eigenvalue weighted by Crippen LogP contribution is 2.37. The lowest BCUT2D eigenvalue weighted by Gasteiger charge is -2.17. The Morgan fingerprint density at radius 3 is 2.63 bits per heavy atom. The van der Waals surface area contributed by atoms with Gasteiger partial charge in [-0.15, -0.1) is 0 Å². The lowest BCUT2D eigenvalue weighted by Crippen LogP contribution is -2.33. The van der Waals surface area contributed by atoms with Crippen molar-refractivity contribution in [3.8, 4) is 0 Å². The van der Waals surface area contributed by atoms with Crippen molar-refractivity contribution in [2.75, 3.05) is 6.61 Å². The molecule has 1 aromatic carbocycles. The number of hydrogen-bond acceptors (Lipinski definition) is 7. The molecule has 0 saturated carbocycles. The average Bonchev–Trinajstić information content (AvgIpc) is 3.21. The molecule has 0 bridgehead atoms. The Morgan fingerprint density at radius 1 is 1.11 bits per heavy atom. The SMILES string of the molecule is OC[C@H]1O[C@@H](n2ccc3c(Sc4ccc(Cl)c(Cl)c4)ncnc32)[C@H](O)[C@@H]1O. The van der Waals surface area contributed by atoms with Gasteiger partial charge in [-0.2, -0.15) is 0 Å². The molecule has 0 amide bonds. The van der Waals surface area contributed by atoms with Crippen molar-refractivity contribution < 1.29 is 20.1 Å². The van der Waals surface area contributed by atoms with Crippen LogP contribution in [-0.2, 0) is 4.74 Å². The molecule has 0 radical (unpaired) electrons. The molecule has 2 aromatic heterocycles. The van der Waals surface area contributed by atoms with Crippen molar-refractivity contribution in [1.29, 1.82) is 0 Å². The number of nitrogens with zero attached hydrogens (tertiary/aromatic N) is 3. The molecule has 0 spiro atoms. The minimum absolute atomic E-state index is 0.388. The predicted molar refractivity (Wildman–Crippen MR) is 101 cm³/mol. The molecular weight excluding hydrogens is 413 g/mol. The van der Waals surface area contributed by atoms with Gasteiger partial charge in [-0.1, -0.05) is 35.0 Å². The molecule has 27 heavy (non-hydrogen) atoms. The fourth-order valence-electron chi connectivity index (χ4n) is 3.00. The molecule has 3 aromatic rings. The van der Waals surface area contributed by atoms with Gasteiger partial charge in [-0.3, -0.25) is 0 Å². The van der Waals surface area contributed by atoms with Crippen LogP contribution in [0.4, 0.5) is 0 Å². The third kappa shape index (κ3) is 3.42. The summed E-state index contributed by atoms with van der Waals surface area (Å²) in [7, 11) is 0. The number of aliphatic hydroxyl groups is 3. The minimum Gasteiger partial charge on any atom is -0.394 e. The van der Waals surface area contributed by atoms with Crippen LogP contribution in [-0.4, -0.2) is 54.8 Å². The predicted octanol–water partition coefficient (Wildman–Crippen LogP) is 2.50. The highest BCUT2D eigenvalue weighted by molar-refractivity contribution is 7.99. The van der Waals surface area contributed by atoms with E-state index in [0.717, 1.165) is 10.3 Å². The van der Waals surface area contributed by atoms with Crippen molar-refractivity contribution in [3.63, 3.8) is 0 Å². The van der Waals surface area contributed by atoms with Crippen molar-refractivity contribution in [2.24, 2.45) is 0 Å². The summed E-state index contributed by atoms with van der Waals surface area (Å²) in [5.41, 5.74) is 0.544. The van der Waals surface area contributed by atoms with E-state index in [4.69, 9.17) is 27.9 Å². The molecule has 4 rings (SSSR count). The Kier molecular flexibility index (Phi) is 5.30. The first-order valence-corrected chi connectivity index (χ1v) is 9.63. The number of halogens is 2. The van der Waals surface area contributed by atoms with E-state index in [0.29, 0.717) is 20.7 Å². The second kappa shape index (κ2) is 7.56. The van der Waals surface area contributed by atoms with Crippen LogP contribution in [0.2, 0.25) is 10.0 Å². The van der Waals surface area contributed by atoms with Crippen molar-refractivity contribution in [3.05, 3.63) is 46.8 Å². The molecule has 0 aliphatic carbocycles. The van der Waals surface area contributed by atoms with Crippen LogP contribution in [0.25, 0.3) is 11.0 Å². The van der Waals surface area contributed by atoms with Crippen molar-refractivity contribution >= 4 is 46.0 Å². The van der Waals surface area contributed by atoms with Gasteiger partial charge in [0.2, 0.25) is 0 Å². The summed E-state index contributed by atoms with van der Waals surface area (Å²) >= 11 is 13.4. The first-order chi connectivity index (χ1) is 13.0. The van der Waals surface area contributed by atoms with Gasteiger partial charge in [0.15, 0.2) is 6.23 Å². The zero-order valence-electron chi connectivity index (χ0n) is 13.7.